The first-order valence-electron chi connectivity index (χ1n) is 19.4. The Morgan fingerprint density at radius 3 is 1.57 bits per heavy atom. The van der Waals surface area contributed by atoms with Crippen molar-refractivity contribution in [1.29, 1.82) is 0 Å². The van der Waals surface area contributed by atoms with Crippen LogP contribution in [0, 0.1) is 5.92 Å². The largest absolute Gasteiger partial charge is 0.503 e. The fourth-order valence-electron chi connectivity index (χ4n) is 6.27. The second-order valence-electron chi connectivity index (χ2n) is 14.5. The smallest absolute Gasteiger partial charge is 0.377 e. The average molecular weight is 823 g/mol. The monoisotopic (exact) mass is 822 g/mol. The van der Waals surface area contributed by atoms with E-state index in [1.54, 1.807) is 64.0 Å². The van der Waals surface area contributed by atoms with E-state index in [0.717, 1.165) is 50.9 Å². The molecule has 4 aliphatic heterocycles. The molecule has 1 aliphatic carbocycles. The van der Waals surface area contributed by atoms with Crippen molar-refractivity contribution < 1.29 is 58.8 Å². The summed E-state index contributed by atoms with van der Waals surface area (Å²) in [7, 11) is 7.69. The van der Waals surface area contributed by atoms with Gasteiger partial charge in [0.25, 0.3) is 0 Å². The second-order valence-corrected chi connectivity index (χ2v) is 23.8. The van der Waals surface area contributed by atoms with Crippen LogP contribution in [0.2, 0.25) is 18.1 Å². The summed E-state index contributed by atoms with van der Waals surface area (Å²) in [5.74, 6) is 0.812. The Bertz CT molecular complexity index is 1090. The lowest BCUT2D eigenvalue weighted by molar-refractivity contribution is 0.106. The summed E-state index contributed by atoms with van der Waals surface area (Å²) >= 11 is 0. The number of hydrogen-bond donors (Lipinski definition) is 0. The number of rotatable bonds is 18. The minimum absolute atomic E-state index is 0.324. The van der Waals surface area contributed by atoms with Crippen molar-refractivity contribution in [3.63, 3.8) is 0 Å². The molecule has 1 saturated carbocycles. The molecule has 13 nitrogen and oxygen atoms in total. The highest BCUT2D eigenvalue weighted by atomic mass is 28.4. The van der Waals surface area contributed by atoms with E-state index < -0.39 is 26.4 Å². The first-order chi connectivity index (χ1) is 25.8. The molecule has 7 atom stereocenters. The maximum Gasteiger partial charge on any atom is 0.503 e. The molecule has 16 heteroatoms. The van der Waals surface area contributed by atoms with Crippen LogP contribution in [0.4, 0.5) is 0 Å². The van der Waals surface area contributed by atoms with Gasteiger partial charge < -0.3 is 58.8 Å². The zero-order valence-electron chi connectivity index (χ0n) is 35.8. The molecule has 6 rings (SSSR count). The summed E-state index contributed by atoms with van der Waals surface area (Å²) in [6.07, 6.45) is 11.0. The summed E-state index contributed by atoms with van der Waals surface area (Å²) in [5, 5.41) is 0. The third kappa shape index (κ3) is 17.5. The molecule has 0 bridgehead atoms. The number of epoxide rings is 4. The standard InChI is InChI=1S/C13H20O4Si.C9H18O4Si.2C6H12O.C4H12O3Si/c1-14-18(15-2,16-3)9-8-11-4-6-12(7-5-11)13-10-17-13;1-10-14(11-2,12-3)7-4-5-8-9(6-7)13-8;1-5(2)3-6-4-7-6;1-3-4-6-5(2)7-6;1-5-8(4,6-2)7-3/h4-7,13H,8-10H2,1-3H3;7-9H,4-6H2,1-3H3;2*5-6H,3-4H2,1-2H3;1-4H3. The fraction of sp³-hybridized carbons (Fsp3) is 0.842. The van der Waals surface area contributed by atoms with Gasteiger partial charge in [0.05, 0.1) is 43.7 Å². The van der Waals surface area contributed by atoms with Gasteiger partial charge in [-0.1, -0.05) is 51.5 Å². The van der Waals surface area contributed by atoms with E-state index in [4.69, 9.17) is 58.8 Å². The van der Waals surface area contributed by atoms with E-state index in [0.29, 0.717) is 42.2 Å². The highest BCUT2D eigenvalue weighted by Gasteiger charge is 2.55. The van der Waals surface area contributed by atoms with Gasteiger partial charge in [-0.15, -0.1) is 0 Å². The van der Waals surface area contributed by atoms with Crippen molar-refractivity contribution in [2.45, 2.75) is 127 Å². The summed E-state index contributed by atoms with van der Waals surface area (Å²) in [6, 6.07) is 9.31. The Morgan fingerprint density at radius 2 is 1.26 bits per heavy atom. The molecule has 0 aromatic heterocycles. The van der Waals surface area contributed by atoms with Gasteiger partial charge in [-0.05, 0) is 62.5 Å². The Kier molecular flexibility index (Phi) is 22.9. The van der Waals surface area contributed by atoms with Crippen molar-refractivity contribution in [2.75, 3.05) is 77.2 Å². The molecular formula is C38H74O13Si3. The van der Waals surface area contributed by atoms with Crippen LogP contribution >= 0.6 is 0 Å². The maximum atomic E-state index is 5.49. The van der Waals surface area contributed by atoms with Crippen molar-refractivity contribution in [3.8, 4) is 0 Å². The number of ether oxygens (including phenoxy) is 4. The normalized spacial score (nSPS) is 26.3. The Hall–Kier alpha value is -0.649. The lowest BCUT2D eigenvalue weighted by Crippen LogP contribution is -2.48. The van der Waals surface area contributed by atoms with Crippen LogP contribution in [0.3, 0.4) is 0 Å². The molecule has 0 spiro atoms. The Balaban J connectivity index is 0.000000248. The third-order valence-electron chi connectivity index (χ3n) is 10.4. The van der Waals surface area contributed by atoms with Crippen molar-refractivity contribution in [1.82, 2.24) is 0 Å². The van der Waals surface area contributed by atoms with Gasteiger partial charge in [-0.25, -0.2) is 0 Å². The van der Waals surface area contributed by atoms with E-state index >= 15 is 0 Å². The molecule has 4 saturated heterocycles. The van der Waals surface area contributed by atoms with E-state index in [9.17, 15) is 0 Å². The molecule has 5 aliphatic rings. The molecular weight excluding hydrogens is 749 g/mol. The Labute approximate surface area is 330 Å². The summed E-state index contributed by atoms with van der Waals surface area (Å²) < 4.78 is 68.4. The highest BCUT2D eigenvalue weighted by molar-refractivity contribution is 6.62. The molecule has 0 radical (unpaired) electrons. The van der Waals surface area contributed by atoms with Crippen LogP contribution in [-0.4, -0.2) is 134 Å². The van der Waals surface area contributed by atoms with Gasteiger partial charge in [0.1, 0.15) is 6.10 Å². The summed E-state index contributed by atoms with van der Waals surface area (Å²) in [6.45, 7) is 12.5. The minimum Gasteiger partial charge on any atom is -0.377 e. The molecule has 54 heavy (non-hydrogen) atoms. The van der Waals surface area contributed by atoms with Crippen molar-refractivity contribution in [2.24, 2.45) is 5.92 Å². The zero-order valence-corrected chi connectivity index (χ0v) is 38.8. The molecule has 0 N–H and O–H groups in total. The average Bonchev–Trinajstić information content (AvgIpc) is 3.98. The van der Waals surface area contributed by atoms with Gasteiger partial charge in [-0.2, -0.15) is 0 Å². The van der Waals surface area contributed by atoms with E-state index in [2.05, 4.69) is 52.0 Å². The first kappa shape index (κ1) is 49.5. The molecule has 7 unspecified atom stereocenters. The first-order valence-corrected chi connectivity index (χ1v) is 25.3. The van der Waals surface area contributed by atoms with Crippen LogP contribution in [0.25, 0.3) is 0 Å². The molecule has 0 amide bonds. The Morgan fingerprint density at radius 1 is 0.722 bits per heavy atom. The molecule has 1 aromatic rings. The number of fused-ring (bicyclic) bond motifs is 1. The SMILES string of the molecule is CC(C)CC1CO1.CCCC1OC1C.CO[Si](C)(OC)OC.CO[Si](CCc1ccc(C2CO2)cc1)(OC)OC.CO[Si](OC)(OC)C1CCC2OC2C1. The maximum absolute atomic E-state index is 5.49. The zero-order chi connectivity index (χ0) is 40.4. The highest BCUT2D eigenvalue weighted by Crippen LogP contribution is 2.46. The molecule has 1 aromatic carbocycles. The van der Waals surface area contributed by atoms with Crippen LogP contribution in [0.15, 0.2) is 24.3 Å². The third-order valence-corrected chi connectivity index (χ3v) is 18.5. The summed E-state index contributed by atoms with van der Waals surface area (Å²) in [4.78, 5) is 0. The van der Waals surface area contributed by atoms with Gasteiger partial charge in [-0.3, -0.25) is 0 Å². The van der Waals surface area contributed by atoms with Gasteiger partial charge in [0.15, 0.2) is 0 Å². The predicted octanol–water partition coefficient (Wildman–Crippen LogP) is 6.86. The minimum atomic E-state index is -2.45. The lowest BCUT2D eigenvalue weighted by atomic mass is 10.0. The predicted molar refractivity (Wildman–Crippen MR) is 215 cm³/mol. The van der Waals surface area contributed by atoms with Crippen molar-refractivity contribution in [3.05, 3.63) is 35.4 Å². The number of benzene rings is 1. The van der Waals surface area contributed by atoms with Crippen LogP contribution in [0.1, 0.15) is 83.5 Å². The lowest BCUT2D eigenvalue weighted by Gasteiger charge is -2.33. The molecule has 4 heterocycles. The quantitative estimate of drug-likeness (QED) is 0.113. The van der Waals surface area contributed by atoms with Gasteiger partial charge in [0, 0.05) is 82.1 Å². The molecule has 5 fully saturated rings. The number of aryl methyl sites for hydroxylation is 1. The van der Waals surface area contributed by atoms with Crippen LogP contribution in [-0.2, 0) is 65.2 Å². The van der Waals surface area contributed by atoms with E-state index in [1.165, 1.54) is 30.4 Å². The second kappa shape index (κ2) is 25.0. The molecule has 316 valence electrons. The van der Waals surface area contributed by atoms with Gasteiger partial charge in [0.2, 0.25) is 0 Å². The van der Waals surface area contributed by atoms with Crippen molar-refractivity contribution >= 4 is 26.4 Å². The summed E-state index contributed by atoms with van der Waals surface area (Å²) in [5.41, 5.74) is 2.93. The van der Waals surface area contributed by atoms with Crippen LogP contribution < -0.4 is 0 Å². The van der Waals surface area contributed by atoms with Gasteiger partial charge >= 0.3 is 26.4 Å². The van der Waals surface area contributed by atoms with E-state index in [1.807, 2.05) is 6.55 Å². The van der Waals surface area contributed by atoms with Crippen LogP contribution in [0.5, 0.6) is 0 Å². The van der Waals surface area contributed by atoms with E-state index in [-0.39, 0.29) is 0 Å². The fourth-order valence-corrected chi connectivity index (χ4v) is 11.0. The topological polar surface area (TPSA) is 133 Å². The number of hydrogen-bond acceptors (Lipinski definition) is 13.